The van der Waals surface area contributed by atoms with Crippen molar-refractivity contribution < 1.29 is 14.3 Å². The van der Waals surface area contributed by atoms with E-state index in [1.54, 1.807) is 31.4 Å². The third-order valence-electron chi connectivity index (χ3n) is 3.35. The van der Waals surface area contributed by atoms with Crippen LogP contribution in [0.5, 0.6) is 11.5 Å². The Kier molecular flexibility index (Phi) is 5.46. The molecule has 122 valence electrons. The second kappa shape index (κ2) is 7.54. The quantitative estimate of drug-likeness (QED) is 0.888. The van der Waals surface area contributed by atoms with Crippen LogP contribution in [0.4, 0.5) is 11.4 Å². The molecule has 2 aromatic carbocycles. The molecule has 0 saturated carbocycles. The molecular weight excluding hydrogens is 292 g/mol. The number of nitrogens with one attached hydrogen (secondary N) is 1. The molecule has 2 rings (SSSR count). The van der Waals surface area contributed by atoms with Crippen molar-refractivity contribution in [2.75, 3.05) is 38.0 Å². The van der Waals surface area contributed by atoms with Crippen LogP contribution < -0.4 is 19.7 Å². The number of ether oxygens (including phenoxy) is 2. The predicted octanol–water partition coefficient (Wildman–Crippen LogP) is 3.41. The Hall–Kier alpha value is -2.69. The molecule has 2 aromatic rings. The molecule has 0 fully saturated rings. The van der Waals surface area contributed by atoms with Crippen LogP contribution >= 0.6 is 0 Å². The van der Waals surface area contributed by atoms with Gasteiger partial charge in [0.25, 0.3) is 5.91 Å². The first-order valence-electron chi connectivity index (χ1n) is 7.44. The summed E-state index contributed by atoms with van der Waals surface area (Å²) in [5, 5.41) is 2.88. The minimum atomic E-state index is -0.167. The maximum Gasteiger partial charge on any atom is 0.255 e. The van der Waals surface area contributed by atoms with E-state index in [4.69, 9.17) is 9.47 Å². The van der Waals surface area contributed by atoms with Gasteiger partial charge < -0.3 is 19.7 Å². The molecule has 5 nitrogen and oxygen atoms in total. The number of hydrogen-bond acceptors (Lipinski definition) is 4. The summed E-state index contributed by atoms with van der Waals surface area (Å²) in [6, 6.07) is 12.8. The van der Waals surface area contributed by atoms with Gasteiger partial charge in [-0.2, -0.15) is 0 Å². The Balaban J connectivity index is 2.18. The summed E-state index contributed by atoms with van der Waals surface area (Å²) in [5.74, 6) is 1.08. The molecule has 0 bridgehead atoms. The number of benzene rings is 2. The number of hydrogen-bond donors (Lipinski definition) is 1. The molecule has 0 spiro atoms. The highest BCUT2D eigenvalue weighted by atomic mass is 16.5. The maximum absolute atomic E-state index is 12.4. The van der Waals surface area contributed by atoms with Crippen molar-refractivity contribution in [3.05, 3.63) is 48.0 Å². The molecule has 0 aliphatic rings. The summed E-state index contributed by atoms with van der Waals surface area (Å²) < 4.78 is 10.8. The highest BCUT2D eigenvalue weighted by Gasteiger charge is 2.10. The van der Waals surface area contributed by atoms with Crippen LogP contribution in [-0.4, -0.2) is 33.7 Å². The number of carbonyl (C=O) groups excluding carboxylic acids is 1. The van der Waals surface area contributed by atoms with Gasteiger partial charge in [-0.3, -0.25) is 4.79 Å². The van der Waals surface area contributed by atoms with E-state index in [1.165, 1.54) is 0 Å². The fourth-order valence-corrected chi connectivity index (χ4v) is 2.15. The standard InChI is InChI=1S/C18H22N2O3/c1-5-23-16-10-9-14(12-17(16)22-4)19-18(21)13-7-6-8-15(11-13)20(2)3/h6-12H,5H2,1-4H3,(H,19,21). The number of amides is 1. The highest BCUT2D eigenvalue weighted by molar-refractivity contribution is 6.05. The van der Waals surface area contributed by atoms with Crippen LogP contribution in [-0.2, 0) is 0 Å². The molecule has 0 atom stereocenters. The first-order valence-corrected chi connectivity index (χ1v) is 7.44. The zero-order valence-corrected chi connectivity index (χ0v) is 13.9. The summed E-state index contributed by atoms with van der Waals surface area (Å²) in [6.45, 7) is 2.46. The fraction of sp³-hybridized carbons (Fsp3) is 0.278. The van der Waals surface area contributed by atoms with Gasteiger partial charge in [-0.05, 0) is 37.3 Å². The summed E-state index contributed by atoms with van der Waals surface area (Å²) in [4.78, 5) is 14.4. The predicted molar refractivity (Wildman–Crippen MR) is 92.9 cm³/mol. The lowest BCUT2D eigenvalue weighted by molar-refractivity contribution is 0.102. The minimum Gasteiger partial charge on any atom is -0.493 e. The Morgan fingerprint density at radius 1 is 1.13 bits per heavy atom. The van der Waals surface area contributed by atoms with Crippen LogP contribution in [0.25, 0.3) is 0 Å². The van der Waals surface area contributed by atoms with Crippen molar-refractivity contribution in [2.45, 2.75) is 6.92 Å². The highest BCUT2D eigenvalue weighted by Crippen LogP contribution is 2.30. The van der Waals surface area contributed by atoms with E-state index in [9.17, 15) is 4.79 Å². The van der Waals surface area contributed by atoms with Gasteiger partial charge in [0.15, 0.2) is 11.5 Å². The first-order chi connectivity index (χ1) is 11.0. The zero-order chi connectivity index (χ0) is 16.8. The van der Waals surface area contributed by atoms with E-state index in [-0.39, 0.29) is 5.91 Å². The van der Waals surface area contributed by atoms with Gasteiger partial charge >= 0.3 is 0 Å². The average Bonchev–Trinajstić information content (AvgIpc) is 2.56. The van der Waals surface area contributed by atoms with Crippen LogP contribution in [0.1, 0.15) is 17.3 Å². The Labute approximate surface area is 136 Å². The molecule has 0 aliphatic heterocycles. The number of carbonyl (C=O) groups is 1. The molecule has 0 unspecified atom stereocenters. The molecule has 0 aliphatic carbocycles. The van der Waals surface area contributed by atoms with Crippen molar-refractivity contribution in [2.24, 2.45) is 0 Å². The van der Waals surface area contributed by atoms with E-state index >= 15 is 0 Å². The molecule has 0 radical (unpaired) electrons. The molecule has 0 saturated heterocycles. The van der Waals surface area contributed by atoms with Crippen molar-refractivity contribution in [3.63, 3.8) is 0 Å². The second-order valence-corrected chi connectivity index (χ2v) is 5.20. The van der Waals surface area contributed by atoms with Gasteiger partial charge in [-0.1, -0.05) is 6.07 Å². The molecule has 23 heavy (non-hydrogen) atoms. The molecule has 1 amide bonds. The third kappa shape index (κ3) is 4.16. The van der Waals surface area contributed by atoms with Gasteiger partial charge in [-0.25, -0.2) is 0 Å². The smallest absolute Gasteiger partial charge is 0.255 e. The largest absolute Gasteiger partial charge is 0.493 e. The molecule has 0 heterocycles. The van der Waals surface area contributed by atoms with Gasteiger partial charge in [-0.15, -0.1) is 0 Å². The van der Waals surface area contributed by atoms with E-state index < -0.39 is 0 Å². The Bertz CT molecular complexity index is 684. The minimum absolute atomic E-state index is 0.167. The summed E-state index contributed by atoms with van der Waals surface area (Å²) in [7, 11) is 5.45. The van der Waals surface area contributed by atoms with Crippen LogP contribution in [0.15, 0.2) is 42.5 Å². The topological polar surface area (TPSA) is 50.8 Å². The van der Waals surface area contributed by atoms with Gasteiger partial charge in [0.1, 0.15) is 0 Å². The number of rotatable bonds is 6. The maximum atomic E-state index is 12.4. The summed E-state index contributed by atoms with van der Waals surface area (Å²) in [5.41, 5.74) is 2.23. The van der Waals surface area contributed by atoms with Crippen molar-refractivity contribution >= 4 is 17.3 Å². The molecule has 1 N–H and O–H groups in total. The van der Waals surface area contributed by atoms with E-state index in [0.717, 1.165) is 5.69 Å². The summed E-state index contributed by atoms with van der Waals surface area (Å²) in [6.07, 6.45) is 0. The number of methoxy groups -OCH3 is 1. The van der Waals surface area contributed by atoms with E-state index in [0.29, 0.717) is 29.4 Å². The van der Waals surface area contributed by atoms with Gasteiger partial charge in [0, 0.05) is 37.1 Å². The zero-order valence-electron chi connectivity index (χ0n) is 13.9. The number of nitrogens with zero attached hydrogens (tertiary/aromatic N) is 1. The lowest BCUT2D eigenvalue weighted by atomic mass is 10.1. The van der Waals surface area contributed by atoms with Crippen LogP contribution in [0, 0.1) is 0 Å². The molecule has 5 heteroatoms. The normalized spacial score (nSPS) is 10.1. The van der Waals surface area contributed by atoms with Gasteiger partial charge in [0.05, 0.1) is 13.7 Å². The van der Waals surface area contributed by atoms with Crippen molar-refractivity contribution in [1.29, 1.82) is 0 Å². The Morgan fingerprint density at radius 3 is 2.57 bits per heavy atom. The summed E-state index contributed by atoms with van der Waals surface area (Å²) >= 11 is 0. The van der Waals surface area contributed by atoms with Crippen molar-refractivity contribution in [3.8, 4) is 11.5 Å². The van der Waals surface area contributed by atoms with E-state index in [1.807, 2.05) is 44.1 Å². The van der Waals surface area contributed by atoms with E-state index in [2.05, 4.69) is 5.32 Å². The first kappa shape index (κ1) is 16.7. The lowest BCUT2D eigenvalue weighted by Crippen LogP contribution is -2.14. The van der Waals surface area contributed by atoms with Crippen LogP contribution in [0.3, 0.4) is 0 Å². The van der Waals surface area contributed by atoms with Crippen molar-refractivity contribution in [1.82, 2.24) is 0 Å². The SMILES string of the molecule is CCOc1ccc(NC(=O)c2cccc(N(C)C)c2)cc1OC. The third-order valence-corrected chi connectivity index (χ3v) is 3.35. The monoisotopic (exact) mass is 314 g/mol. The average molecular weight is 314 g/mol. The lowest BCUT2D eigenvalue weighted by Gasteiger charge is -2.14. The fourth-order valence-electron chi connectivity index (χ4n) is 2.15. The molecular formula is C18H22N2O3. The molecule has 0 aromatic heterocycles. The Morgan fingerprint density at radius 2 is 1.91 bits per heavy atom. The van der Waals surface area contributed by atoms with Gasteiger partial charge in [0.2, 0.25) is 0 Å². The second-order valence-electron chi connectivity index (χ2n) is 5.20. The van der Waals surface area contributed by atoms with Crippen LogP contribution in [0.2, 0.25) is 0 Å². The number of anilines is 2.